The predicted octanol–water partition coefficient (Wildman–Crippen LogP) is 4.17. The Labute approximate surface area is 164 Å². The maximum atomic E-state index is 13.1. The number of benzene rings is 3. The largest absolute Gasteiger partial charge is 0.270 e. The molecule has 3 rings (SSSR count). The Hall–Kier alpha value is -3.19. The van der Waals surface area contributed by atoms with Crippen LogP contribution in [0.25, 0.3) is 0 Å². The van der Waals surface area contributed by atoms with Crippen LogP contribution in [0.2, 0.25) is 0 Å². The summed E-state index contributed by atoms with van der Waals surface area (Å²) in [4.78, 5) is 10.3. The van der Waals surface area contributed by atoms with Crippen molar-refractivity contribution in [3.05, 3.63) is 106 Å². The van der Waals surface area contributed by atoms with Gasteiger partial charge in [-0.15, -0.1) is 0 Å². The quantitative estimate of drug-likeness (QED) is 0.423. The summed E-state index contributed by atoms with van der Waals surface area (Å²) < 4.78 is 27.7. The second-order valence-electron chi connectivity index (χ2n) is 6.32. The highest BCUT2D eigenvalue weighted by molar-refractivity contribution is 7.92. The van der Waals surface area contributed by atoms with Crippen molar-refractivity contribution in [1.82, 2.24) is 0 Å². The second kappa shape index (κ2) is 8.67. The van der Waals surface area contributed by atoms with Crippen molar-refractivity contribution in [1.29, 1.82) is 0 Å². The van der Waals surface area contributed by atoms with Gasteiger partial charge in [0.1, 0.15) is 0 Å². The first-order valence-electron chi connectivity index (χ1n) is 8.78. The van der Waals surface area contributed by atoms with E-state index in [0.717, 1.165) is 5.56 Å². The van der Waals surface area contributed by atoms with E-state index < -0.39 is 14.9 Å². The summed E-state index contributed by atoms with van der Waals surface area (Å²) in [7, 11) is -3.67. The zero-order chi connectivity index (χ0) is 20.0. The molecule has 0 aliphatic rings. The molecule has 0 fully saturated rings. The molecule has 0 unspecified atom stereocenters. The van der Waals surface area contributed by atoms with Crippen molar-refractivity contribution in [2.45, 2.75) is 12.2 Å². The summed E-state index contributed by atoms with van der Waals surface area (Å²) >= 11 is 0. The molecule has 3 aromatic rings. The third kappa shape index (κ3) is 4.95. The van der Waals surface area contributed by atoms with Gasteiger partial charge in [0.15, 0.2) is 0 Å². The fourth-order valence-corrected chi connectivity index (χ4v) is 4.48. The van der Waals surface area contributed by atoms with Crippen LogP contribution >= 0.6 is 0 Å². The molecule has 3 aromatic carbocycles. The van der Waals surface area contributed by atoms with Crippen molar-refractivity contribution in [2.24, 2.45) is 0 Å². The number of rotatable bonds is 8. The van der Waals surface area contributed by atoms with Gasteiger partial charge in [-0.25, -0.2) is 8.42 Å². The molecule has 28 heavy (non-hydrogen) atoms. The minimum atomic E-state index is -3.67. The van der Waals surface area contributed by atoms with Gasteiger partial charge < -0.3 is 0 Å². The highest BCUT2D eigenvalue weighted by Gasteiger charge is 2.23. The summed E-state index contributed by atoms with van der Waals surface area (Å²) in [5.41, 5.74) is 2.09. The van der Waals surface area contributed by atoms with Crippen molar-refractivity contribution in [3.63, 3.8) is 0 Å². The number of para-hydroxylation sites is 1. The molecule has 0 amide bonds. The van der Waals surface area contributed by atoms with Gasteiger partial charge in [-0.3, -0.25) is 14.4 Å². The first-order chi connectivity index (χ1) is 13.5. The van der Waals surface area contributed by atoms with E-state index in [9.17, 15) is 18.5 Å². The topological polar surface area (TPSA) is 80.5 Å². The lowest BCUT2D eigenvalue weighted by atomic mass is 10.1. The molecule has 0 aliphatic heterocycles. The standard InChI is InChI=1S/C21H20N2O4S/c24-23(25)21-13-11-19(12-14-21)17-28(26,27)22(20-9-5-2-6-10-20)16-15-18-7-3-1-4-8-18/h1-14H,15-17H2. The summed E-state index contributed by atoms with van der Waals surface area (Å²) in [5, 5.41) is 10.8. The minimum Gasteiger partial charge on any atom is -0.270 e. The van der Waals surface area contributed by atoms with Crippen LogP contribution in [0, 0.1) is 10.1 Å². The highest BCUT2D eigenvalue weighted by atomic mass is 32.2. The monoisotopic (exact) mass is 396 g/mol. The first-order valence-corrected chi connectivity index (χ1v) is 10.4. The summed E-state index contributed by atoms with van der Waals surface area (Å²) in [6.45, 7) is 0.309. The zero-order valence-corrected chi connectivity index (χ0v) is 16.0. The van der Waals surface area contributed by atoms with Crippen molar-refractivity contribution in [3.8, 4) is 0 Å². The van der Waals surface area contributed by atoms with Gasteiger partial charge in [0.25, 0.3) is 5.69 Å². The van der Waals surface area contributed by atoms with Gasteiger partial charge in [-0.2, -0.15) is 0 Å². The molecule has 0 atom stereocenters. The smallest absolute Gasteiger partial charge is 0.269 e. The molecule has 0 bridgehead atoms. The van der Waals surface area contributed by atoms with E-state index in [1.165, 1.54) is 28.6 Å². The molecule has 144 valence electrons. The molecule has 0 saturated carbocycles. The SMILES string of the molecule is O=[N+]([O-])c1ccc(CS(=O)(=O)N(CCc2ccccc2)c2ccccc2)cc1. The first kappa shape index (κ1) is 19.6. The second-order valence-corrected chi connectivity index (χ2v) is 8.22. The van der Waals surface area contributed by atoms with Gasteiger partial charge in [0.2, 0.25) is 10.0 Å². The van der Waals surface area contributed by atoms with Crippen molar-refractivity contribution < 1.29 is 13.3 Å². The lowest BCUT2D eigenvalue weighted by Crippen LogP contribution is -2.34. The lowest BCUT2D eigenvalue weighted by Gasteiger charge is -2.24. The average molecular weight is 396 g/mol. The number of non-ortho nitro benzene ring substituents is 1. The molecule has 0 aromatic heterocycles. The van der Waals surface area contributed by atoms with E-state index in [-0.39, 0.29) is 11.4 Å². The third-order valence-corrected chi connectivity index (χ3v) is 6.09. The van der Waals surface area contributed by atoms with E-state index in [4.69, 9.17) is 0 Å². The highest BCUT2D eigenvalue weighted by Crippen LogP contribution is 2.22. The van der Waals surface area contributed by atoms with E-state index in [1.54, 1.807) is 24.3 Å². The van der Waals surface area contributed by atoms with Crippen LogP contribution in [0.15, 0.2) is 84.9 Å². The predicted molar refractivity (Wildman–Crippen MR) is 110 cm³/mol. The Morgan fingerprint density at radius 3 is 1.93 bits per heavy atom. The molecule has 0 spiro atoms. The lowest BCUT2D eigenvalue weighted by molar-refractivity contribution is -0.384. The average Bonchev–Trinajstić information content (AvgIpc) is 2.69. The fraction of sp³-hybridized carbons (Fsp3) is 0.143. The van der Waals surface area contributed by atoms with Crippen LogP contribution in [0.3, 0.4) is 0 Å². The van der Waals surface area contributed by atoms with Crippen LogP contribution in [-0.2, 0) is 22.2 Å². The number of nitro groups is 1. The molecular formula is C21H20N2O4S. The number of anilines is 1. The molecule has 0 saturated heterocycles. The molecule has 0 aliphatic carbocycles. The van der Waals surface area contributed by atoms with Crippen LogP contribution in [0.5, 0.6) is 0 Å². The maximum absolute atomic E-state index is 13.1. The summed E-state index contributed by atoms with van der Waals surface area (Å²) in [5.74, 6) is -0.228. The number of hydrogen-bond acceptors (Lipinski definition) is 4. The van der Waals surface area contributed by atoms with Gasteiger partial charge in [-0.05, 0) is 29.7 Å². The van der Waals surface area contributed by atoms with E-state index in [1.807, 2.05) is 36.4 Å². The molecule has 0 heterocycles. The maximum Gasteiger partial charge on any atom is 0.269 e. The number of nitro benzene ring substituents is 1. The Morgan fingerprint density at radius 2 is 1.36 bits per heavy atom. The Morgan fingerprint density at radius 1 is 0.786 bits per heavy atom. The summed E-state index contributed by atoms with van der Waals surface area (Å²) in [6.07, 6.45) is 0.579. The molecular weight excluding hydrogens is 376 g/mol. The van der Waals surface area contributed by atoms with Gasteiger partial charge in [0, 0.05) is 18.7 Å². The molecule has 7 heteroatoms. The van der Waals surface area contributed by atoms with E-state index >= 15 is 0 Å². The number of hydrogen-bond donors (Lipinski definition) is 0. The Bertz CT molecular complexity index is 1020. The molecule has 0 radical (unpaired) electrons. The van der Waals surface area contributed by atoms with Crippen molar-refractivity contribution in [2.75, 3.05) is 10.8 Å². The Kier molecular flexibility index (Phi) is 6.06. The number of sulfonamides is 1. The van der Waals surface area contributed by atoms with Gasteiger partial charge in [-0.1, -0.05) is 60.7 Å². The van der Waals surface area contributed by atoms with Crippen LogP contribution in [-0.4, -0.2) is 19.9 Å². The number of nitrogens with zero attached hydrogens (tertiary/aromatic N) is 2. The van der Waals surface area contributed by atoms with Gasteiger partial charge >= 0.3 is 0 Å². The van der Waals surface area contributed by atoms with E-state index in [0.29, 0.717) is 24.2 Å². The van der Waals surface area contributed by atoms with E-state index in [2.05, 4.69) is 0 Å². The van der Waals surface area contributed by atoms with Gasteiger partial charge in [0.05, 0.1) is 16.4 Å². The molecule has 0 N–H and O–H groups in total. The molecule has 6 nitrogen and oxygen atoms in total. The van der Waals surface area contributed by atoms with Crippen LogP contribution in [0.1, 0.15) is 11.1 Å². The fourth-order valence-electron chi connectivity index (χ4n) is 2.90. The zero-order valence-electron chi connectivity index (χ0n) is 15.1. The Balaban J connectivity index is 1.84. The third-order valence-electron chi connectivity index (χ3n) is 4.32. The minimum absolute atomic E-state index is 0.0647. The van der Waals surface area contributed by atoms with Crippen LogP contribution in [0.4, 0.5) is 11.4 Å². The summed E-state index contributed by atoms with van der Waals surface area (Å²) in [6, 6.07) is 24.3. The van der Waals surface area contributed by atoms with Crippen LogP contribution < -0.4 is 4.31 Å². The normalized spacial score (nSPS) is 11.1. The van der Waals surface area contributed by atoms with Crippen molar-refractivity contribution >= 4 is 21.4 Å².